The van der Waals surface area contributed by atoms with Crippen molar-refractivity contribution in [2.45, 2.75) is 0 Å². The summed E-state index contributed by atoms with van der Waals surface area (Å²) in [6.07, 6.45) is 4.41. The molecule has 0 saturated carbocycles. The number of hydrogen-bond acceptors (Lipinski definition) is 4. The number of pyridine rings is 1. The Morgan fingerprint density at radius 3 is 2.90 bits per heavy atom. The van der Waals surface area contributed by atoms with Gasteiger partial charge in [-0.1, -0.05) is 11.3 Å². The molecule has 0 atom stereocenters. The van der Waals surface area contributed by atoms with Crippen molar-refractivity contribution in [1.82, 2.24) is 20.0 Å². The highest BCUT2D eigenvalue weighted by Gasteiger charge is 2.07. The largest absolute Gasteiger partial charge is 0.497 e. The van der Waals surface area contributed by atoms with Gasteiger partial charge in [-0.05, 0) is 18.2 Å². The minimum Gasteiger partial charge on any atom is -0.497 e. The average molecular weight is 270 g/mol. The highest BCUT2D eigenvalue weighted by Crippen LogP contribution is 2.19. The van der Waals surface area contributed by atoms with Gasteiger partial charge in [-0.2, -0.15) is 0 Å². The molecule has 5 nitrogen and oxygen atoms in total. The predicted molar refractivity (Wildman–Crippen MR) is 71.1 cm³/mol. The number of aromatic nitrogens is 4. The van der Waals surface area contributed by atoms with Gasteiger partial charge in [-0.15, -0.1) is 5.10 Å². The van der Waals surface area contributed by atoms with E-state index in [2.05, 4.69) is 15.3 Å². The SMILES string of the molecule is COc1cccc(-n2cc(-c3cncc(F)c3)nn2)c1. The number of halogens is 1. The lowest BCUT2D eigenvalue weighted by molar-refractivity contribution is 0.414. The van der Waals surface area contributed by atoms with Gasteiger partial charge in [0, 0.05) is 17.8 Å². The first-order valence-corrected chi connectivity index (χ1v) is 5.94. The van der Waals surface area contributed by atoms with Gasteiger partial charge < -0.3 is 4.74 Å². The van der Waals surface area contributed by atoms with Gasteiger partial charge in [0.15, 0.2) is 0 Å². The molecule has 6 heteroatoms. The standard InChI is InChI=1S/C14H11FN4O/c1-20-13-4-2-3-12(6-13)19-9-14(17-18-19)10-5-11(15)8-16-7-10/h2-9H,1H3. The smallest absolute Gasteiger partial charge is 0.142 e. The number of hydrogen-bond donors (Lipinski definition) is 0. The predicted octanol–water partition coefficient (Wildman–Crippen LogP) is 2.48. The maximum Gasteiger partial charge on any atom is 0.142 e. The molecule has 3 rings (SSSR count). The van der Waals surface area contributed by atoms with Gasteiger partial charge in [-0.25, -0.2) is 9.07 Å². The Morgan fingerprint density at radius 2 is 2.10 bits per heavy atom. The molecule has 2 aromatic heterocycles. The van der Waals surface area contributed by atoms with Crippen molar-refractivity contribution < 1.29 is 9.13 Å². The highest BCUT2D eigenvalue weighted by atomic mass is 19.1. The molecule has 0 fully saturated rings. The van der Waals surface area contributed by atoms with Crippen LogP contribution in [-0.4, -0.2) is 27.1 Å². The summed E-state index contributed by atoms with van der Waals surface area (Å²) >= 11 is 0. The molecule has 0 aliphatic carbocycles. The zero-order valence-corrected chi connectivity index (χ0v) is 10.7. The maximum absolute atomic E-state index is 13.1. The van der Waals surface area contributed by atoms with E-state index in [9.17, 15) is 4.39 Å². The molecule has 0 unspecified atom stereocenters. The second kappa shape index (κ2) is 5.08. The second-order valence-corrected chi connectivity index (χ2v) is 4.14. The summed E-state index contributed by atoms with van der Waals surface area (Å²) in [6.45, 7) is 0. The summed E-state index contributed by atoms with van der Waals surface area (Å²) in [4.78, 5) is 3.80. The normalized spacial score (nSPS) is 10.5. The summed E-state index contributed by atoms with van der Waals surface area (Å²) in [5.74, 6) is 0.324. The Labute approximate surface area is 114 Å². The third kappa shape index (κ3) is 2.35. The van der Waals surface area contributed by atoms with Crippen molar-refractivity contribution in [3.63, 3.8) is 0 Å². The maximum atomic E-state index is 13.1. The van der Waals surface area contributed by atoms with Crippen LogP contribution in [0, 0.1) is 5.82 Å². The van der Waals surface area contributed by atoms with Gasteiger partial charge in [0.1, 0.15) is 17.3 Å². The lowest BCUT2D eigenvalue weighted by Crippen LogP contribution is -1.95. The van der Waals surface area contributed by atoms with E-state index in [0.29, 0.717) is 11.3 Å². The molecule has 2 heterocycles. The Morgan fingerprint density at radius 1 is 1.20 bits per heavy atom. The van der Waals surface area contributed by atoms with Crippen LogP contribution >= 0.6 is 0 Å². The lowest BCUT2D eigenvalue weighted by atomic mass is 10.2. The molecule has 0 N–H and O–H groups in total. The number of rotatable bonds is 3. The molecule has 1 aromatic carbocycles. The van der Waals surface area contributed by atoms with E-state index in [1.54, 1.807) is 24.2 Å². The molecule has 3 aromatic rings. The quantitative estimate of drug-likeness (QED) is 0.733. The molecule has 0 spiro atoms. The van der Waals surface area contributed by atoms with Gasteiger partial charge in [-0.3, -0.25) is 4.98 Å². The van der Waals surface area contributed by atoms with Crippen LogP contribution in [0.25, 0.3) is 16.9 Å². The van der Waals surface area contributed by atoms with Gasteiger partial charge in [0.2, 0.25) is 0 Å². The van der Waals surface area contributed by atoms with Gasteiger partial charge in [0.05, 0.1) is 25.2 Å². The monoisotopic (exact) mass is 270 g/mol. The minimum absolute atomic E-state index is 0.404. The van der Waals surface area contributed by atoms with E-state index in [1.165, 1.54) is 6.07 Å². The van der Waals surface area contributed by atoms with Crippen molar-refractivity contribution >= 4 is 0 Å². The fourth-order valence-electron chi connectivity index (χ4n) is 1.83. The van der Waals surface area contributed by atoms with Crippen LogP contribution in [0.5, 0.6) is 5.75 Å². The first-order valence-electron chi connectivity index (χ1n) is 5.94. The first kappa shape index (κ1) is 12.3. The summed E-state index contributed by atoms with van der Waals surface area (Å²) < 4.78 is 19.9. The first-order chi connectivity index (χ1) is 9.76. The molecule has 0 amide bonds. The molecule has 0 radical (unpaired) electrons. The lowest BCUT2D eigenvalue weighted by Gasteiger charge is -2.02. The van der Waals surface area contributed by atoms with E-state index in [4.69, 9.17) is 4.74 Å². The van der Waals surface area contributed by atoms with E-state index >= 15 is 0 Å². The third-order valence-corrected chi connectivity index (χ3v) is 2.81. The second-order valence-electron chi connectivity index (χ2n) is 4.14. The van der Waals surface area contributed by atoms with Crippen molar-refractivity contribution in [3.8, 4) is 22.7 Å². The molecule has 0 aliphatic rings. The zero-order chi connectivity index (χ0) is 13.9. The molecule has 0 aliphatic heterocycles. The number of methoxy groups -OCH3 is 1. The Balaban J connectivity index is 1.97. The molecule has 100 valence electrons. The summed E-state index contributed by atoms with van der Waals surface area (Å²) in [5.41, 5.74) is 1.95. The Kier molecular flexibility index (Phi) is 3.12. The number of ether oxygens (including phenoxy) is 1. The molecular formula is C14H11FN4O. The minimum atomic E-state index is -0.404. The fourth-order valence-corrected chi connectivity index (χ4v) is 1.83. The van der Waals surface area contributed by atoms with E-state index in [0.717, 1.165) is 17.6 Å². The fraction of sp³-hybridized carbons (Fsp3) is 0.0714. The van der Waals surface area contributed by atoms with Gasteiger partial charge in [0.25, 0.3) is 0 Å². The zero-order valence-electron chi connectivity index (χ0n) is 10.7. The summed E-state index contributed by atoms with van der Waals surface area (Å²) in [5, 5.41) is 8.05. The Hall–Kier alpha value is -2.76. The van der Waals surface area contributed by atoms with Gasteiger partial charge >= 0.3 is 0 Å². The van der Waals surface area contributed by atoms with E-state index in [1.807, 2.05) is 24.3 Å². The van der Waals surface area contributed by atoms with Crippen LogP contribution in [0.2, 0.25) is 0 Å². The van der Waals surface area contributed by atoms with Crippen molar-refractivity contribution in [1.29, 1.82) is 0 Å². The number of nitrogens with zero attached hydrogens (tertiary/aromatic N) is 4. The highest BCUT2D eigenvalue weighted by molar-refractivity contribution is 5.56. The van der Waals surface area contributed by atoms with Crippen molar-refractivity contribution in [2.24, 2.45) is 0 Å². The van der Waals surface area contributed by atoms with E-state index in [-0.39, 0.29) is 0 Å². The van der Waals surface area contributed by atoms with Crippen LogP contribution in [0.3, 0.4) is 0 Å². The van der Waals surface area contributed by atoms with Crippen molar-refractivity contribution in [3.05, 3.63) is 54.7 Å². The Bertz CT molecular complexity index is 741. The van der Waals surface area contributed by atoms with Crippen molar-refractivity contribution in [2.75, 3.05) is 7.11 Å². The van der Waals surface area contributed by atoms with Crippen LogP contribution < -0.4 is 4.74 Å². The van der Waals surface area contributed by atoms with Crippen LogP contribution in [0.4, 0.5) is 4.39 Å². The molecule has 20 heavy (non-hydrogen) atoms. The molecule has 0 saturated heterocycles. The molecular weight excluding hydrogens is 259 g/mol. The summed E-state index contributed by atoms with van der Waals surface area (Å²) in [6, 6.07) is 8.79. The van der Waals surface area contributed by atoms with Crippen LogP contribution in [0.1, 0.15) is 0 Å². The van der Waals surface area contributed by atoms with Crippen LogP contribution in [0.15, 0.2) is 48.9 Å². The summed E-state index contributed by atoms with van der Waals surface area (Å²) in [7, 11) is 1.60. The third-order valence-electron chi connectivity index (χ3n) is 2.81. The average Bonchev–Trinajstić information content (AvgIpc) is 2.97. The molecule has 0 bridgehead atoms. The van der Waals surface area contributed by atoms with Crippen LogP contribution in [-0.2, 0) is 0 Å². The van der Waals surface area contributed by atoms with E-state index < -0.39 is 5.82 Å². The topological polar surface area (TPSA) is 52.8 Å². The number of benzene rings is 1.